The molecule has 0 aliphatic heterocycles. The zero-order valence-electron chi connectivity index (χ0n) is 18.4. The monoisotopic (exact) mass is 490 g/mol. The molecule has 2 aromatic carbocycles. The Morgan fingerprint density at radius 2 is 1.85 bits per heavy atom. The highest BCUT2D eigenvalue weighted by Gasteiger charge is 2.15. The van der Waals surface area contributed by atoms with Crippen molar-refractivity contribution in [3.8, 4) is 16.9 Å². The lowest BCUT2D eigenvalue weighted by molar-refractivity contribution is -0.143. The summed E-state index contributed by atoms with van der Waals surface area (Å²) < 4.78 is 10.9. The molecule has 0 aliphatic rings. The van der Waals surface area contributed by atoms with Gasteiger partial charge in [0.2, 0.25) is 5.95 Å². The third-order valence-electron chi connectivity index (χ3n) is 4.83. The van der Waals surface area contributed by atoms with Crippen molar-refractivity contribution >= 4 is 41.7 Å². The number of hydrogen-bond donors (Lipinski definition) is 2. The molecule has 0 amide bonds. The van der Waals surface area contributed by atoms with Crippen LogP contribution in [0.1, 0.15) is 31.0 Å². The number of para-hydroxylation sites is 1. The van der Waals surface area contributed by atoms with Crippen LogP contribution in [0.3, 0.4) is 0 Å². The van der Waals surface area contributed by atoms with Crippen LogP contribution in [-0.2, 0) is 22.4 Å². The van der Waals surface area contributed by atoms with Crippen LogP contribution in [0.15, 0.2) is 48.5 Å². The van der Waals surface area contributed by atoms with Gasteiger partial charge >= 0.3 is 5.97 Å². The second-order valence-corrected chi connectivity index (χ2v) is 7.60. The lowest BCUT2D eigenvalue weighted by atomic mass is 9.99. The summed E-state index contributed by atoms with van der Waals surface area (Å²) in [5, 5.41) is 0.603. The summed E-state index contributed by atoms with van der Waals surface area (Å²) in [6, 6.07) is 15.2. The molecule has 0 bridgehead atoms. The van der Waals surface area contributed by atoms with Gasteiger partial charge < -0.3 is 20.9 Å². The van der Waals surface area contributed by atoms with Crippen molar-refractivity contribution in [2.24, 2.45) is 0 Å². The van der Waals surface area contributed by atoms with Crippen molar-refractivity contribution in [1.82, 2.24) is 9.97 Å². The Morgan fingerprint density at radius 1 is 1.06 bits per heavy atom. The van der Waals surface area contributed by atoms with Gasteiger partial charge in [0.15, 0.2) is 0 Å². The highest BCUT2D eigenvalue weighted by molar-refractivity contribution is 6.30. The number of aryl methyl sites for hydroxylation is 2. The first kappa shape index (κ1) is 26.2. The van der Waals surface area contributed by atoms with Gasteiger partial charge in [0.1, 0.15) is 11.6 Å². The van der Waals surface area contributed by atoms with E-state index in [1.165, 1.54) is 0 Å². The number of nitrogen functional groups attached to an aromatic ring is 2. The molecule has 7 nitrogen and oxygen atoms in total. The Kier molecular flexibility index (Phi) is 10.2. The van der Waals surface area contributed by atoms with Gasteiger partial charge in [-0.25, -0.2) is 4.98 Å². The fourth-order valence-corrected chi connectivity index (χ4v) is 3.61. The number of ether oxygens (including phenoxy) is 2. The Labute approximate surface area is 204 Å². The second kappa shape index (κ2) is 12.9. The molecule has 4 N–H and O–H groups in total. The second-order valence-electron chi connectivity index (χ2n) is 7.16. The highest BCUT2D eigenvalue weighted by Crippen LogP contribution is 2.31. The maximum atomic E-state index is 11.5. The van der Waals surface area contributed by atoms with E-state index in [4.69, 9.17) is 32.5 Å². The molecule has 0 saturated carbocycles. The van der Waals surface area contributed by atoms with E-state index in [1.54, 1.807) is 13.0 Å². The average Bonchev–Trinajstić information content (AvgIpc) is 2.75. The van der Waals surface area contributed by atoms with E-state index < -0.39 is 0 Å². The number of hydrogen-bond acceptors (Lipinski definition) is 7. The number of anilines is 2. The van der Waals surface area contributed by atoms with Gasteiger partial charge in [-0.2, -0.15) is 4.98 Å². The van der Waals surface area contributed by atoms with Gasteiger partial charge in [0.25, 0.3) is 0 Å². The van der Waals surface area contributed by atoms with E-state index in [1.807, 2.05) is 42.5 Å². The smallest absolute Gasteiger partial charge is 0.305 e. The van der Waals surface area contributed by atoms with Crippen LogP contribution < -0.4 is 16.2 Å². The normalized spacial score (nSPS) is 10.4. The molecular formula is C24H28Cl2N4O3. The topological polar surface area (TPSA) is 113 Å². The van der Waals surface area contributed by atoms with Crippen molar-refractivity contribution in [2.45, 2.75) is 32.6 Å². The van der Waals surface area contributed by atoms with Crippen molar-refractivity contribution < 1.29 is 14.3 Å². The predicted molar refractivity (Wildman–Crippen MR) is 134 cm³/mol. The van der Waals surface area contributed by atoms with E-state index in [-0.39, 0.29) is 24.3 Å². The minimum Gasteiger partial charge on any atom is -0.493 e. The standard InChI is InChI=1S/C24H27ClN4O3.ClH/c1-2-31-21(30)11-6-14-32-20-10-4-3-7-16(20)12-13-19-22(23(26)29-24(27)28-19)17-8-5-9-18(25)15-17;/h3-5,7-10,15H,2,6,11-14H2,1H3,(H4,26,27,28,29);1H. The molecule has 176 valence electrons. The summed E-state index contributed by atoms with van der Waals surface area (Å²) in [4.78, 5) is 20.1. The molecule has 3 aromatic rings. The fourth-order valence-electron chi connectivity index (χ4n) is 3.42. The molecular weight excluding hydrogens is 463 g/mol. The number of aromatic nitrogens is 2. The van der Waals surface area contributed by atoms with Gasteiger partial charge in [-0.05, 0) is 55.5 Å². The van der Waals surface area contributed by atoms with Crippen LogP contribution in [0.25, 0.3) is 11.1 Å². The lowest BCUT2D eigenvalue weighted by Gasteiger charge is -2.14. The number of carbonyl (C=O) groups is 1. The molecule has 0 aliphatic carbocycles. The molecule has 0 fully saturated rings. The van der Waals surface area contributed by atoms with Crippen LogP contribution in [0.5, 0.6) is 5.75 Å². The highest BCUT2D eigenvalue weighted by atomic mass is 35.5. The fraction of sp³-hybridized carbons (Fsp3) is 0.292. The molecule has 9 heteroatoms. The predicted octanol–water partition coefficient (Wildman–Crippen LogP) is 4.89. The minimum absolute atomic E-state index is 0. The van der Waals surface area contributed by atoms with Crippen LogP contribution in [0.2, 0.25) is 5.02 Å². The van der Waals surface area contributed by atoms with Crippen molar-refractivity contribution in [3.63, 3.8) is 0 Å². The maximum absolute atomic E-state index is 11.5. The molecule has 0 spiro atoms. The van der Waals surface area contributed by atoms with Gasteiger partial charge in [-0.15, -0.1) is 12.4 Å². The number of rotatable bonds is 10. The van der Waals surface area contributed by atoms with Gasteiger partial charge in [-0.3, -0.25) is 4.79 Å². The van der Waals surface area contributed by atoms with E-state index in [0.717, 1.165) is 28.1 Å². The number of esters is 1. The molecule has 0 saturated heterocycles. The van der Waals surface area contributed by atoms with Crippen molar-refractivity contribution in [2.75, 3.05) is 24.7 Å². The van der Waals surface area contributed by atoms with Gasteiger partial charge in [0, 0.05) is 17.0 Å². The van der Waals surface area contributed by atoms with Crippen LogP contribution in [-0.4, -0.2) is 29.2 Å². The molecule has 1 heterocycles. The van der Waals surface area contributed by atoms with Crippen LogP contribution in [0.4, 0.5) is 11.8 Å². The van der Waals surface area contributed by atoms with E-state index in [0.29, 0.717) is 49.7 Å². The Bertz CT molecular complexity index is 1080. The van der Waals surface area contributed by atoms with Gasteiger partial charge in [0.05, 0.1) is 18.9 Å². The quantitative estimate of drug-likeness (QED) is 0.307. The largest absolute Gasteiger partial charge is 0.493 e. The van der Waals surface area contributed by atoms with E-state index in [2.05, 4.69) is 9.97 Å². The summed E-state index contributed by atoms with van der Waals surface area (Å²) in [5.74, 6) is 1.01. The Balaban J connectivity index is 0.00000385. The zero-order chi connectivity index (χ0) is 22.9. The van der Waals surface area contributed by atoms with Crippen molar-refractivity contribution in [3.05, 3.63) is 64.8 Å². The first-order valence-corrected chi connectivity index (χ1v) is 10.9. The summed E-state index contributed by atoms with van der Waals surface area (Å²) >= 11 is 6.17. The number of halogens is 2. The van der Waals surface area contributed by atoms with Crippen LogP contribution >= 0.6 is 24.0 Å². The summed E-state index contributed by atoms with van der Waals surface area (Å²) in [5.41, 5.74) is 15.4. The molecule has 0 atom stereocenters. The summed E-state index contributed by atoms with van der Waals surface area (Å²) in [6.07, 6.45) is 2.17. The van der Waals surface area contributed by atoms with E-state index >= 15 is 0 Å². The first-order valence-electron chi connectivity index (χ1n) is 10.5. The van der Waals surface area contributed by atoms with E-state index in [9.17, 15) is 4.79 Å². The lowest BCUT2D eigenvalue weighted by Crippen LogP contribution is -2.09. The van der Waals surface area contributed by atoms with Crippen molar-refractivity contribution in [1.29, 1.82) is 0 Å². The maximum Gasteiger partial charge on any atom is 0.305 e. The molecule has 3 rings (SSSR count). The zero-order valence-corrected chi connectivity index (χ0v) is 20.0. The average molecular weight is 491 g/mol. The summed E-state index contributed by atoms with van der Waals surface area (Å²) in [6.45, 7) is 2.61. The number of carbonyl (C=O) groups excluding carboxylic acids is 1. The number of nitrogens with zero attached hydrogens (tertiary/aromatic N) is 2. The third-order valence-corrected chi connectivity index (χ3v) is 5.07. The van der Waals surface area contributed by atoms with Gasteiger partial charge in [-0.1, -0.05) is 41.9 Å². The molecule has 0 radical (unpaired) electrons. The minimum atomic E-state index is -0.211. The molecule has 33 heavy (non-hydrogen) atoms. The third kappa shape index (κ3) is 7.51. The Morgan fingerprint density at radius 3 is 2.61 bits per heavy atom. The number of benzene rings is 2. The molecule has 1 aromatic heterocycles. The summed E-state index contributed by atoms with van der Waals surface area (Å²) in [7, 11) is 0. The number of nitrogens with two attached hydrogens (primary N) is 2. The Hall–Kier alpha value is -3.03. The van der Waals surface area contributed by atoms with Crippen LogP contribution in [0, 0.1) is 0 Å². The molecule has 0 unspecified atom stereocenters. The first-order chi connectivity index (χ1) is 15.5. The SMILES string of the molecule is CCOC(=O)CCCOc1ccccc1CCc1nc(N)nc(N)c1-c1cccc(Cl)c1.Cl.